The summed E-state index contributed by atoms with van der Waals surface area (Å²) in [5, 5.41) is 11.2. The average molecular weight is 356 g/mol. The number of hydrogen-bond donors (Lipinski definition) is 4. The van der Waals surface area contributed by atoms with Gasteiger partial charge < -0.3 is 20.9 Å². The van der Waals surface area contributed by atoms with Crippen molar-refractivity contribution >= 4 is 22.8 Å². The van der Waals surface area contributed by atoms with Crippen LogP contribution in [0, 0.1) is 5.41 Å². The van der Waals surface area contributed by atoms with Gasteiger partial charge in [-0.3, -0.25) is 15.1 Å². The van der Waals surface area contributed by atoms with Crippen molar-refractivity contribution < 1.29 is 4.79 Å². The molecule has 1 fully saturated rings. The molecule has 2 aromatic rings. The Morgan fingerprint density at radius 2 is 2.19 bits per heavy atom. The zero-order valence-corrected chi connectivity index (χ0v) is 15.3. The highest BCUT2D eigenvalue weighted by molar-refractivity contribution is 5.84. The fourth-order valence-electron chi connectivity index (χ4n) is 3.62. The third kappa shape index (κ3) is 4.16. The first-order valence-electron chi connectivity index (χ1n) is 9.18. The SMILES string of the molecule is CN1CCN(CCc2c[nH]c3ccccc23)C(=O)[C@@H]1CCCNC(=N)N. The monoisotopic (exact) mass is 356 g/mol. The van der Waals surface area contributed by atoms with Crippen LogP contribution in [0.15, 0.2) is 30.5 Å². The number of carbonyl (C=O) groups is 1. The van der Waals surface area contributed by atoms with Crippen molar-refractivity contribution in [3.63, 3.8) is 0 Å². The highest BCUT2D eigenvalue weighted by Crippen LogP contribution is 2.20. The summed E-state index contributed by atoms with van der Waals surface area (Å²) in [6, 6.07) is 8.19. The molecule has 0 saturated carbocycles. The summed E-state index contributed by atoms with van der Waals surface area (Å²) in [4.78, 5) is 20.3. The Balaban J connectivity index is 1.56. The smallest absolute Gasteiger partial charge is 0.239 e. The van der Waals surface area contributed by atoms with Crippen molar-refractivity contribution in [2.75, 3.05) is 33.2 Å². The zero-order valence-electron chi connectivity index (χ0n) is 15.3. The van der Waals surface area contributed by atoms with Gasteiger partial charge in [-0.1, -0.05) is 18.2 Å². The molecule has 1 aromatic carbocycles. The second-order valence-electron chi connectivity index (χ2n) is 6.91. The number of aromatic amines is 1. The summed E-state index contributed by atoms with van der Waals surface area (Å²) in [6.45, 7) is 3.04. The van der Waals surface area contributed by atoms with Crippen LogP contribution in [0.1, 0.15) is 18.4 Å². The lowest BCUT2D eigenvalue weighted by molar-refractivity contribution is -0.141. The molecule has 1 aliphatic rings. The van der Waals surface area contributed by atoms with Crippen molar-refractivity contribution in [2.24, 2.45) is 5.73 Å². The van der Waals surface area contributed by atoms with Gasteiger partial charge in [-0.2, -0.15) is 0 Å². The molecule has 140 valence electrons. The number of benzene rings is 1. The van der Waals surface area contributed by atoms with Crippen molar-refractivity contribution in [1.82, 2.24) is 20.1 Å². The quantitative estimate of drug-likeness (QED) is 0.339. The van der Waals surface area contributed by atoms with E-state index < -0.39 is 0 Å². The second-order valence-corrected chi connectivity index (χ2v) is 6.91. The number of nitrogens with zero attached hydrogens (tertiary/aromatic N) is 2. The third-order valence-corrected chi connectivity index (χ3v) is 5.15. The van der Waals surface area contributed by atoms with E-state index in [1.54, 1.807) is 0 Å². The molecule has 1 aliphatic heterocycles. The van der Waals surface area contributed by atoms with E-state index in [2.05, 4.69) is 33.5 Å². The number of H-pyrrole nitrogens is 1. The zero-order chi connectivity index (χ0) is 18.5. The Morgan fingerprint density at radius 1 is 1.38 bits per heavy atom. The number of amides is 1. The predicted octanol–water partition coefficient (Wildman–Crippen LogP) is 1.12. The fraction of sp³-hybridized carbons (Fsp3) is 0.474. The maximum Gasteiger partial charge on any atom is 0.239 e. The van der Waals surface area contributed by atoms with E-state index in [9.17, 15) is 4.79 Å². The molecule has 7 heteroatoms. The normalized spacial score (nSPS) is 18.4. The van der Waals surface area contributed by atoms with Crippen molar-refractivity contribution in [1.29, 1.82) is 5.41 Å². The second kappa shape index (κ2) is 8.23. The number of fused-ring (bicyclic) bond motifs is 1. The molecular weight excluding hydrogens is 328 g/mol. The Bertz CT molecular complexity index is 770. The standard InChI is InChI=1S/C19H28N6O/c1-24-11-12-25(18(26)17(24)7-4-9-22-19(20)21)10-8-14-13-23-16-6-3-2-5-15(14)16/h2-3,5-6,13,17,23H,4,7-12H2,1H3,(H4,20,21,22)/t17-/m0/s1. The lowest BCUT2D eigenvalue weighted by Crippen LogP contribution is -2.56. The van der Waals surface area contributed by atoms with Gasteiger partial charge in [0.15, 0.2) is 5.96 Å². The number of rotatable bonds is 7. The van der Waals surface area contributed by atoms with Gasteiger partial charge in [-0.05, 0) is 37.9 Å². The number of carbonyl (C=O) groups excluding carboxylic acids is 1. The molecule has 0 aliphatic carbocycles. The molecule has 0 bridgehead atoms. The summed E-state index contributed by atoms with van der Waals surface area (Å²) >= 11 is 0. The van der Waals surface area contributed by atoms with Gasteiger partial charge in [-0.25, -0.2) is 0 Å². The largest absolute Gasteiger partial charge is 0.370 e. The summed E-state index contributed by atoms with van der Waals surface area (Å²) in [5.74, 6) is 0.190. The average Bonchev–Trinajstić information content (AvgIpc) is 3.03. The molecular formula is C19H28N6O. The minimum absolute atomic E-state index is 0.0197. The van der Waals surface area contributed by atoms with Gasteiger partial charge in [0.2, 0.25) is 5.91 Å². The molecule has 26 heavy (non-hydrogen) atoms. The molecule has 0 unspecified atom stereocenters. The highest BCUT2D eigenvalue weighted by atomic mass is 16.2. The number of aromatic nitrogens is 1. The molecule has 7 nitrogen and oxygen atoms in total. The Kier molecular flexibility index (Phi) is 5.78. The highest BCUT2D eigenvalue weighted by Gasteiger charge is 2.31. The van der Waals surface area contributed by atoms with E-state index in [1.165, 1.54) is 10.9 Å². The lowest BCUT2D eigenvalue weighted by atomic mass is 10.0. The summed E-state index contributed by atoms with van der Waals surface area (Å²) in [5.41, 5.74) is 7.70. The first-order chi connectivity index (χ1) is 12.6. The van der Waals surface area contributed by atoms with Crippen LogP contribution in [-0.4, -0.2) is 65.9 Å². The van der Waals surface area contributed by atoms with Gasteiger partial charge >= 0.3 is 0 Å². The summed E-state index contributed by atoms with van der Waals surface area (Å²) in [6.07, 6.45) is 4.50. The van der Waals surface area contributed by atoms with E-state index >= 15 is 0 Å². The fourth-order valence-corrected chi connectivity index (χ4v) is 3.62. The lowest BCUT2D eigenvalue weighted by Gasteiger charge is -2.38. The van der Waals surface area contributed by atoms with E-state index in [0.717, 1.165) is 44.4 Å². The topological polar surface area (TPSA) is 101 Å². The van der Waals surface area contributed by atoms with Crippen LogP contribution in [0.5, 0.6) is 0 Å². The van der Waals surface area contributed by atoms with Crippen LogP contribution in [0.2, 0.25) is 0 Å². The van der Waals surface area contributed by atoms with E-state index in [-0.39, 0.29) is 17.9 Å². The minimum Gasteiger partial charge on any atom is -0.370 e. The van der Waals surface area contributed by atoms with Crippen LogP contribution < -0.4 is 11.1 Å². The first kappa shape index (κ1) is 18.3. The maximum absolute atomic E-state index is 12.9. The Morgan fingerprint density at radius 3 is 3.00 bits per heavy atom. The molecule has 5 N–H and O–H groups in total. The van der Waals surface area contributed by atoms with Crippen LogP contribution >= 0.6 is 0 Å². The molecule has 1 atom stereocenters. The van der Waals surface area contributed by atoms with E-state index in [1.807, 2.05) is 24.1 Å². The Labute approximate surface area is 154 Å². The van der Waals surface area contributed by atoms with Crippen LogP contribution in [-0.2, 0) is 11.2 Å². The number of hydrogen-bond acceptors (Lipinski definition) is 3. The third-order valence-electron chi connectivity index (χ3n) is 5.15. The summed E-state index contributed by atoms with van der Waals surface area (Å²) < 4.78 is 0. The van der Waals surface area contributed by atoms with Crippen LogP contribution in [0.3, 0.4) is 0 Å². The van der Waals surface area contributed by atoms with Crippen LogP contribution in [0.25, 0.3) is 10.9 Å². The van der Waals surface area contributed by atoms with Gasteiger partial charge in [0.05, 0.1) is 6.04 Å². The van der Waals surface area contributed by atoms with Crippen molar-refractivity contribution in [3.05, 3.63) is 36.0 Å². The van der Waals surface area contributed by atoms with E-state index in [4.69, 9.17) is 11.1 Å². The molecule has 2 heterocycles. The maximum atomic E-state index is 12.9. The number of guanidine groups is 1. The predicted molar refractivity (Wildman–Crippen MR) is 104 cm³/mol. The van der Waals surface area contributed by atoms with Gasteiger partial charge in [0, 0.05) is 43.3 Å². The van der Waals surface area contributed by atoms with E-state index in [0.29, 0.717) is 6.54 Å². The molecule has 0 spiro atoms. The van der Waals surface area contributed by atoms with Crippen molar-refractivity contribution in [3.8, 4) is 0 Å². The minimum atomic E-state index is -0.0829. The first-order valence-corrected chi connectivity index (χ1v) is 9.18. The molecule has 1 aromatic heterocycles. The number of nitrogens with one attached hydrogen (secondary N) is 3. The Hall–Kier alpha value is -2.54. The number of nitrogens with two attached hydrogens (primary N) is 1. The molecule has 1 amide bonds. The molecule has 1 saturated heterocycles. The van der Waals surface area contributed by atoms with Gasteiger partial charge in [-0.15, -0.1) is 0 Å². The summed E-state index contributed by atoms with van der Waals surface area (Å²) in [7, 11) is 2.01. The number of likely N-dealkylation sites (N-methyl/N-ethyl adjacent to an activating group) is 1. The molecule has 3 rings (SSSR count). The van der Waals surface area contributed by atoms with Crippen molar-refractivity contribution in [2.45, 2.75) is 25.3 Å². The number of para-hydroxylation sites is 1. The molecule has 0 radical (unpaired) electrons. The number of piperazine rings is 1. The van der Waals surface area contributed by atoms with Crippen LogP contribution in [0.4, 0.5) is 0 Å². The van der Waals surface area contributed by atoms with Gasteiger partial charge in [0.1, 0.15) is 0 Å². The van der Waals surface area contributed by atoms with Gasteiger partial charge in [0.25, 0.3) is 0 Å².